The fourth-order valence-electron chi connectivity index (χ4n) is 3.95. The van der Waals surface area contributed by atoms with Gasteiger partial charge in [-0.1, -0.05) is 42.5 Å². The van der Waals surface area contributed by atoms with Crippen molar-refractivity contribution in [3.05, 3.63) is 120 Å². The molecule has 10 heteroatoms. The second-order valence-electron chi connectivity index (χ2n) is 9.20. The number of halogens is 1. The van der Waals surface area contributed by atoms with E-state index in [1.54, 1.807) is 91.9 Å². The number of anilines is 2. The zero-order valence-corrected chi connectivity index (χ0v) is 24.5. The van der Waals surface area contributed by atoms with Crippen LogP contribution in [0.1, 0.15) is 22.8 Å². The Labute approximate surface area is 253 Å². The standard InChI is InChI=1S/C33H30FN3O5S/c1-21(31(38)36-27-15-8-7-14-26(27)34)43-25-13-9-12-24(20-25)35-33(40)28(37-32(39)23-10-5-4-6-11-23)18-22-16-17-29(41-2)30(19-22)42-3/h4-21H,1-3H3,(H,35,40)(H,36,38)(H,37,39)/b28-18+. The van der Waals surface area contributed by atoms with Crippen molar-refractivity contribution in [2.24, 2.45) is 0 Å². The van der Waals surface area contributed by atoms with Gasteiger partial charge in [0.15, 0.2) is 11.5 Å². The first-order valence-electron chi connectivity index (χ1n) is 13.2. The molecular formula is C33H30FN3O5S. The van der Waals surface area contributed by atoms with Crippen molar-refractivity contribution in [3.8, 4) is 11.5 Å². The van der Waals surface area contributed by atoms with Gasteiger partial charge in [0.05, 0.1) is 25.2 Å². The third-order valence-corrected chi connectivity index (χ3v) is 7.25. The van der Waals surface area contributed by atoms with Crippen molar-refractivity contribution in [1.82, 2.24) is 5.32 Å². The van der Waals surface area contributed by atoms with Crippen LogP contribution in [0.4, 0.5) is 15.8 Å². The summed E-state index contributed by atoms with van der Waals surface area (Å²) in [5.74, 6) is -0.927. The number of benzene rings is 4. The lowest BCUT2D eigenvalue weighted by Crippen LogP contribution is -2.30. The number of ether oxygens (including phenoxy) is 2. The smallest absolute Gasteiger partial charge is 0.272 e. The molecular weight excluding hydrogens is 569 g/mol. The number of methoxy groups -OCH3 is 2. The Kier molecular flexibility index (Phi) is 10.5. The maximum atomic E-state index is 14.0. The minimum atomic E-state index is -0.563. The number of rotatable bonds is 11. The van der Waals surface area contributed by atoms with Gasteiger partial charge in [-0.25, -0.2) is 4.39 Å². The van der Waals surface area contributed by atoms with Gasteiger partial charge in [-0.2, -0.15) is 0 Å². The average molecular weight is 600 g/mol. The lowest BCUT2D eigenvalue weighted by atomic mass is 10.1. The van der Waals surface area contributed by atoms with Crippen molar-refractivity contribution in [2.45, 2.75) is 17.1 Å². The largest absolute Gasteiger partial charge is 0.493 e. The maximum absolute atomic E-state index is 14.0. The van der Waals surface area contributed by atoms with E-state index in [1.165, 1.54) is 44.2 Å². The summed E-state index contributed by atoms with van der Waals surface area (Å²) < 4.78 is 24.6. The first-order valence-corrected chi connectivity index (χ1v) is 14.1. The van der Waals surface area contributed by atoms with Gasteiger partial charge in [0.1, 0.15) is 11.5 Å². The van der Waals surface area contributed by atoms with Crippen molar-refractivity contribution in [3.63, 3.8) is 0 Å². The topological polar surface area (TPSA) is 106 Å². The van der Waals surface area contributed by atoms with E-state index in [2.05, 4.69) is 16.0 Å². The number of nitrogens with one attached hydrogen (secondary N) is 3. The average Bonchev–Trinajstić information content (AvgIpc) is 3.02. The molecule has 4 rings (SSSR count). The van der Waals surface area contributed by atoms with Crippen molar-refractivity contribution >= 4 is 46.9 Å². The van der Waals surface area contributed by atoms with E-state index in [-0.39, 0.29) is 17.3 Å². The van der Waals surface area contributed by atoms with Crippen molar-refractivity contribution < 1.29 is 28.2 Å². The van der Waals surface area contributed by atoms with Gasteiger partial charge in [0, 0.05) is 16.1 Å². The molecule has 4 aromatic carbocycles. The summed E-state index contributed by atoms with van der Waals surface area (Å²) in [4.78, 5) is 39.8. The third-order valence-electron chi connectivity index (χ3n) is 6.15. The summed E-state index contributed by atoms with van der Waals surface area (Å²) in [6, 6.07) is 26.5. The predicted molar refractivity (Wildman–Crippen MR) is 167 cm³/mol. The number of carbonyl (C=O) groups is 3. The van der Waals surface area contributed by atoms with Crippen molar-refractivity contribution in [2.75, 3.05) is 24.9 Å². The monoisotopic (exact) mass is 599 g/mol. The van der Waals surface area contributed by atoms with E-state index in [9.17, 15) is 18.8 Å². The number of amides is 3. The summed E-state index contributed by atoms with van der Waals surface area (Å²) in [5, 5.41) is 7.56. The van der Waals surface area contributed by atoms with E-state index in [0.717, 1.165) is 0 Å². The van der Waals surface area contributed by atoms with Gasteiger partial charge < -0.3 is 25.4 Å². The molecule has 0 aliphatic heterocycles. The highest BCUT2D eigenvalue weighted by Gasteiger charge is 2.18. The molecule has 8 nitrogen and oxygen atoms in total. The molecule has 0 heterocycles. The minimum Gasteiger partial charge on any atom is -0.493 e. The molecule has 0 spiro atoms. The second-order valence-corrected chi connectivity index (χ2v) is 10.6. The molecule has 3 amide bonds. The molecule has 0 radical (unpaired) electrons. The molecule has 0 bridgehead atoms. The van der Waals surface area contributed by atoms with Crippen LogP contribution in [0.2, 0.25) is 0 Å². The van der Waals surface area contributed by atoms with Crippen LogP contribution in [0, 0.1) is 5.82 Å². The normalized spacial score (nSPS) is 11.7. The van der Waals surface area contributed by atoms with E-state index in [0.29, 0.717) is 33.2 Å². The molecule has 4 aromatic rings. The summed E-state index contributed by atoms with van der Waals surface area (Å²) in [7, 11) is 3.03. The van der Waals surface area contributed by atoms with Crippen LogP contribution in [0.15, 0.2) is 108 Å². The minimum absolute atomic E-state index is 0.00300. The lowest BCUT2D eigenvalue weighted by Gasteiger charge is -2.14. The van der Waals surface area contributed by atoms with Crippen LogP contribution >= 0.6 is 11.8 Å². The molecule has 0 aliphatic carbocycles. The number of hydrogen-bond acceptors (Lipinski definition) is 6. The van der Waals surface area contributed by atoms with Crippen LogP contribution in [0.3, 0.4) is 0 Å². The maximum Gasteiger partial charge on any atom is 0.272 e. The molecule has 1 unspecified atom stereocenters. The Bertz CT molecular complexity index is 1640. The fraction of sp³-hybridized carbons (Fsp3) is 0.121. The van der Waals surface area contributed by atoms with E-state index >= 15 is 0 Å². The molecule has 0 aliphatic rings. The van der Waals surface area contributed by atoms with Gasteiger partial charge in [0.2, 0.25) is 5.91 Å². The highest BCUT2D eigenvalue weighted by molar-refractivity contribution is 8.00. The quantitative estimate of drug-likeness (QED) is 0.137. The summed E-state index contributed by atoms with van der Waals surface area (Å²) in [6.07, 6.45) is 1.53. The Hall–Kier alpha value is -5.09. The molecule has 220 valence electrons. The zero-order valence-electron chi connectivity index (χ0n) is 23.7. The molecule has 1 atom stereocenters. The summed E-state index contributed by atoms with van der Waals surface area (Å²) in [5.41, 5.74) is 1.53. The van der Waals surface area contributed by atoms with Crippen LogP contribution in [-0.4, -0.2) is 37.2 Å². The first-order chi connectivity index (χ1) is 20.8. The molecule has 43 heavy (non-hydrogen) atoms. The van der Waals surface area contributed by atoms with Crippen LogP contribution in [-0.2, 0) is 9.59 Å². The van der Waals surface area contributed by atoms with Crippen molar-refractivity contribution in [1.29, 1.82) is 0 Å². The van der Waals surface area contributed by atoms with E-state index in [4.69, 9.17) is 9.47 Å². The Morgan fingerprint density at radius 3 is 2.26 bits per heavy atom. The first kappa shape index (κ1) is 30.9. The molecule has 0 saturated heterocycles. The van der Waals surface area contributed by atoms with Crippen LogP contribution < -0.4 is 25.4 Å². The number of thioether (sulfide) groups is 1. The lowest BCUT2D eigenvalue weighted by molar-refractivity contribution is -0.115. The highest BCUT2D eigenvalue weighted by Crippen LogP contribution is 2.29. The van der Waals surface area contributed by atoms with E-state index in [1.807, 2.05) is 0 Å². The van der Waals surface area contributed by atoms with Gasteiger partial charge in [-0.3, -0.25) is 14.4 Å². The summed E-state index contributed by atoms with van der Waals surface area (Å²) >= 11 is 1.25. The van der Waals surface area contributed by atoms with Gasteiger partial charge in [0.25, 0.3) is 11.8 Å². The van der Waals surface area contributed by atoms with Gasteiger partial charge in [-0.05, 0) is 73.2 Å². The van der Waals surface area contributed by atoms with Gasteiger partial charge in [-0.15, -0.1) is 11.8 Å². The number of para-hydroxylation sites is 1. The molecule has 3 N–H and O–H groups in total. The number of hydrogen-bond donors (Lipinski definition) is 3. The molecule has 0 aromatic heterocycles. The van der Waals surface area contributed by atoms with Crippen LogP contribution in [0.25, 0.3) is 6.08 Å². The van der Waals surface area contributed by atoms with Gasteiger partial charge >= 0.3 is 0 Å². The molecule has 0 saturated carbocycles. The summed E-state index contributed by atoms with van der Waals surface area (Å²) in [6.45, 7) is 1.70. The van der Waals surface area contributed by atoms with Crippen LogP contribution in [0.5, 0.6) is 11.5 Å². The van der Waals surface area contributed by atoms with E-state index < -0.39 is 22.9 Å². The third kappa shape index (κ3) is 8.46. The Balaban J connectivity index is 1.53. The SMILES string of the molecule is COc1ccc(/C=C(/NC(=O)c2ccccc2)C(=O)Nc2cccc(SC(C)C(=O)Nc3ccccc3F)c2)cc1OC. The number of carbonyl (C=O) groups excluding carboxylic acids is 3. The fourth-order valence-corrected chi connectivity index (χ4v) is 4.88. The highest BCUT2D eigenvalue weighted by atomic mass is 32.2. The second kappa shape index (κ2) is 14.7. The molecule has 0 fully saturated rings. The Morgan fingerprint density at radius 2 is 1.53 bits per heavy atom. The Morgan fingerprint density at radius 1 is 0.814 bits per heavy atom. The zero-order chi connectivity index (χ0) is 30.8. The predicted octanol–water partition coefficient (Wildman–Crippen LogP) is 6.37.